The summed E-state index contributed by atoms with van der Waals surface area (Å²) in [7, 11) is 0. The highest BCUT2D eigenvalue weighted by molar-refractivity contribution is 5.20. The molecule has 2 N–H and O–H groups in total. The van der Waals surface area contributed by atoms with Gasteiger partial charge in [0, 0.05) is 18.4 Å². The monoisotopic (exact) mass is 290 g/mol. The lowest BCUT2D eigenvalue weighted by molar-refractivity contribution is -0.263. The van der Waals surface area contributed by atoms with Crippen molar-refractivity contribution >= 4 is 0 Å². The van der Waals surface area contributed by atoms with E-state index in [2.05, 4.69) is 0 Å². The van der Waals surface area contributed by atoms with Crippen molar-refractivity contribution in [2.75, 3.05) is 6.61 Å². The Hall–Kier alpha value is -1.11. The van der Waals surface area contributed by atoms with Crippen molar-refractivity contribution in [2.24, 2.45) is 0 Å². The lowest BCUT2D eigenvalue weighted by Gasteiger charge is -2.38. The molecule has 0 radical (unpaired) electrons. The van der Waals surface area contributed by atoms with Crippen LogP contribution in [0.25, 0.3) is 0 Å². The molecule has 1 aliphatic rings. The second kappa shape index (κ2) is 5.71. The number of aliphatic hydroxyl groups is 2. The number of rotatable bonds is 4. The van der Waals surface area contributed by atoms with Gasteiger partial charge in [0.15, 0.2) is 0 Å². The van der Waals surface area contributed by atoms with Crippen LogP contribution < -0.4 is 0 Å². The van der Waals surface area contributed by atoms with E-state index in [1.54, 1.807) is 6.07 Å². The Labute approximate surface area is 115 Å². The van der Waals surface area contributed by atoms with Crippen LogP contribution in [0, 0.1) is 0 Å². The summed E-state index contributed by atoms with van der Waals surface area (Å²) in [6.07, 6.45) is -3.73. The molecule has 0 bridgehead atoms. The first kappa shape index (κ1) is 15.3. The van der Waals surface area contributed by atoms with Crippen molar-refractivity contribution in [1.82, 2.24) is 0 Å². The average molecular weight is 290 g/mol. The van der Waals surface area contributed by atoms with Crippen LogP contribution in [0.2, 0.25) is 0 Å². The lowest BCUT2D eigenvalue weighted by Crippen LogP contribution is -2.47. The molecule has 1 aliphatic heterocycles. The van der Waals surface area contributed by atoms with Crippen molar-refractivity contribution in [3.63, 3.8) is 0 Å². The largest absolute Gasteiger partial charge is 0.394 e. The Morgan fingerprint density at radius 1 is 1.30 bits per heavy atom. The maximum Gasteiger partial charge on any atom is 0.278 e. The molecule has 112 valence electrons. The first-order valence-electron chi connectivity index (χ1n) is 6.44. The molecule has 20 heavy (non-hydrogen) atoms. The van der Waals surface area contributed by atoms with Gasteiger partial charge in [-0.1, -0.05) is 30.3 Å². The van der Waals surface area contributed by atoms with Crippen molar-refractivity contribution in [3.8, 4) is 0 Å². The van der Waals surface area contributed by atoms with Crippen LogP contribution in [-0.2, 0) is 10.7 Å². The van der Waals surface area contributed by atoms with Gasteiger partial charge in [-0.25, -0.2) is 13.2 Å². The molecule has 3 unspecified atom stereocenters. The summed E-state index contributed by atoms with van der Waals surface area (Å²) in [6, 6.07) is 6.91. The van der Waals surface area contributed by atoms with Crippen molar-refractivity contribution in [2.45, 2.75) is 43.2 Å². The summed E-state index contributed by atoms with van der Waals surface area (Å²) in [4.78, 5) is 0. The highest BCUT2D eigenvalue weighted by atomic mass is 19.3. The molecule has 1 saturated heterocycles. The minimum atomic E-state index is -3.41. The Balaban J connectivity index is 2.14. The summed E-state index contributed by atoms with van der Waals surface area (Å²) in [5.41, 5.74) is -0.304. The fourth-order valence-electron chi connectivity index (χ4n) is 2.47. The predicted octanol–water partition coefficient (Wildman–Crippen LogP) is 2.37. The zero-order valence-electron chi connectivity index (χ0n) is 10.8. The van der Waals surface area contributed by atoms with E-state index in [9.17, 15) is 18.3 Å². The van der Waals surface area contributed by atoms with E-state index < -0.39 is 43.4 Å². The van der Waals surface area contributed by atoms with Gasteiger partial charge in [-0.2, -0.15) is 0 Å². The highest BCUT2D eigenvalue weighted by Gasteiger charge is 2.49. The Bertz CT molecular complexity index is 441. The Morgan fingerprint density at radius 2 is 1.95 bits per heavy atom. The fraction of sp³-hybridized carbons (Fsp3) is 0.571. The van der Waals surface area contributed by atoms with Gasteiger partial charge in [0.2, 0.25) is 5.85 Å². The third-order valence-corrected chi connectivity index (χ3v) is 3.34. The van der Waals surface area contributed by atoms with E-state index >= 15 is 0 Å². The van der Waals surface area contributed by atoms with Crippen LogP contribution in [0.1, 0.15) is 24.8 Å². The van der Waals surface area contributed by atoms with Gasteiger partial charge >= 0.3 is 0 Å². The average Bonchev–Trinajstić information content (AvgIpc) is 2.37. The van der Waals surface area contributed by atoms with Gasteiger partial charge in [0.1, 0.15) is 0 Å². The second-order valence-corrected chi connectivity index (χ2v) is 5.15. The maximum absolute atomic E-state index is 14.5. The number of aliphatic hydroxyl groups excluding tert-OH is 2. The number of hydrogen-bond donors (Lipinski definition) is 2. The maximum atomic E-state index is 14.5. The molecule has 1 heterocycles. The van der Waals surface area contributed by atoms with E-state index in [0.717, 1.165) is 0 Å². The second-order valence-electron chi connectivity index (χ2n) is 5.15. The van der Waals surface area contributed by atoms with Gasteiger partial charge in [0.05, 0.1) is 25.2 Å². The molecule has 0 saturated carbocycles. The SMILES string of the molecule is OCC1CC(O)CC(F)(CC(F)(F)c2ccccc2)O1. The van der Waals surface area contributed by atoms with E-state index in [1.165, 1.54) is 24.3 Å². The summed E-state index contributed by atoms with van der Waals surface area (Å²) >= 11 is 0. The van der Waals surface area contributed by atoms with Crippen LogP contribution in [0.4, 0.5) is 13.2 Å². The molecule has 0 aromatic heterocycles. The van der Waals surface area contributed by atoms with Crippen LogP contribution in [0.15, 0.2) is 30.3 Å². The van der Waals surface area contributed by atoms with Crippen LogP contribution in [0.5, 0.6) is 0 Å². The van der Waals surface area contributed by atoms with Crippen LogP contribution >= 0.6 is 0 Å². The number of ether oxygens (including phenoxy) is 1. The number of halogens is 3. The predicted molar refractivity (Wildman–Crippen MR) is 66.0 cm³/mol. The third-order valence-electron chi connectivity index (χ3n) is 3.34. The Morgan fingerprint density at radius 3 is 2.55 bits per heavy atom. The Kier molecular flexibility index (Phi) is 4.36. The molecule has 2 rings (SSSR count). The van der Waals surface area contributed by atoms with Gasteiger partial charge < -0.3 is 14.9 Å². The van der Waals surface area contributed by atoms with Crippen molar-refractivity contribution in [1.29, 1.82) is 0 Å². The van der Waals surface area contributed by atoms with Gasteiger partial charge in [-0.15, -0.1) is 0 Å². The smallest absolute Gasteiger partial charge is 0.278 e. The first-order valence-corrected chi connectivity index (χ1v) is 6.44. The minimum Gasteiger partial charge on any atom is -0.394 e. The van der Waals surface area contributed by atoms with Crippen LogP contribution in [-0.4, -0.2) is 34.9 Å². The lowest BCUT2D eigenvalue weighted by atomic mass is 9.92. The van der Waals surface area contributed by atoms with Crippen molar-refractivity contribution in [3.05, 3.63) is 35.9 Å². The summed E-state index contributed by atoms with van der Waals surface area (Å²) in [5.74, 6) is -6.06. The molecule has 0 spiro atoms. The van der Waals surface area contributed by atoms with Gasteiger partial charge in [0.25, 0.3) is 5.92 Å². The number of alkyl halides is 3. The van der Waals surface area contributed by atoms with Crippen molar-refractivity contribution < 1.29 is 28.1 Å². The topological polar surface area (TPSA) is 49.7 Å². The third kappa shape index (κ3) is 3.50. The normalized spacial score (nSPS) is 31.2. The zero-order chi connectivity index (χ0) is 14.8. The number of hydrogen-bond acceptors (Lipinski definition) is 3. The standard InChI is InChI=1S/C14H17F3O3/c15-13(7-11(19)6-12(8-18)20-13)9-14(16,17)10-4-2-1-3-5-10/h1-5,11-12,18-19H,6-9H2. The molecular formula is C14H17F3O3. The van der Waals surface area contributed by atoms with E-state index in [1.807, 2.05) is 0 Å². The van der Waals surface area contributed by atoms with Gasteiger partial charge in [-0.05, 0) is 0 Å². The molecule has 6 heteroatoms. The summed E-state index contributed by atoms with van der Waals surface area (Å²) in [6.45, 7) is -0.514. The molecule has 3 nitrogen and oxygen atoms in total. The van der Waals surface area contributed by atoms with Crippen LogP contribution in [0.3, 0.4) is 0 Å². The quantitative estimate of drug-likeness (QED) is 0.895. The molecule has 0 aliphatic carbocycles. The molecule has 3 atom stereocenters. The molecule has 1 aromatic carbocycles. The molecular weight excluding hydrogens is 273 g/mol. The molecule has 1 aromatic rings. The first-order chi connectivity index (χ1) is 9.35. The molecule has 0 amide bonds. The number of benzene rings is 1. The zero-order valence-corrected chi connectivity index (χ0v) is 10.8. The summed E-state index contributed by atoms with van der Waals surface area (Å²) < 4.78 is 47.5. The fourth-order valence-corrected chi connectivity index (χ4v) is 2.47. The van der Waals surface area contributed by atoms with Gasteiger partial charge in [-0.3, -0.25) is 0 Å². The van der Waals surface area contributed by atoms with E-state index in [0.29, 0.717) is 0 Å². The molecule has 1 fully saturated rings. The minimum absolute atomic E-state index is 0.0408. The summed E-state index contributed by atoms with van der Waals surface area (Å²) in [5, 5.41) is 18.5. The highest BCUT2D eigenvalue weighted by Crippen LogP contribution is 2.43. The van der Waals surface area contributed by atoms with E-state index in [-0.39, 0.29) is 12.0 Å². The van der Waals surface area contributed by atoms with E-state index in [4.69, 9.17) is 9.84 Å².